The highest BCUT2D eigenvalue weighted by atomic mass is 35.5. The fourth-order valence-corrected chi connectivity index (χ4v) is 5.65. The van der Waals surface area contributed by atoms with Gasteiger partial charge < -0.3 is 19.5 Å². The summed E-state index contributed by atoms with van der Waals surface area (Å²) in [6.45, 7) is 4.28. The molecule has 3 aromatic carbocycles. The van der Waals surface area contributed by atoms with Crippen LogP contribution in [0.25, 0.3) is 0 Å². The van der Waals surface area contributed by atoms with E-state index in [-0.39, 0.29) is 0 Å². The van der Waals surface area contributed by atoms with Gasteiger partial charge in [0.05, 0.1) is 19.8 Å². The Morgan fingerprint density at radius 2 is 1.77 bits per heavy atom. The first-order valence-corrected chi connectivity index (χ1v) is 14.0. The third kappa shape index (κ3) is 5.66. The number of halogens is 1. The lowest BCUT2D eigenvalue weighted by atomic mass is 9.95. The van der Waals surface area contributed by atoms with Crippen molar-refractivity contribution >= 4 is 35.3 Å². The van der Waals surface area contributed by atoms with Gasteiger partial charge >= 0.3 is 5.97 Å². The Hall–Kier alpha value is -3.95. The number of benzene rings is 3. The van der Waals surface area contributed by atoms with Crippen molar-refractivity contribution in [2.24, 2.45) is 0 Å². The minimum Gasteiger partial charge on any atom is -0.493 e. The van der Waals surface area contributed by atoms with Gasteiger partial charge in [0.25, 0.3) is 0 Å². The van der Waals surface area contributed by atoms with E-state index < -0.39 is 12.0 Å². The number of nitrogens with one attached hydrogen (secondary N) is 1. The number of nitrogens with zero attached hydrogens (tertiary/aromatic N) is 3. The molecule has 0 spiro atoms. The molecule has 0 aliphatic carbocycles. The molecule has 40 heavy (non-hydrogen) atoms. The first kappa shape index (κ1) is 27.6. The molecule has 0 radical (unpaired) electrons. The van der Waals surface area contributed by atoms with E-state index >= 15 is 0 Å². The SMILES string of the molecule is COC(=O)C1=C(C)Nc2nc(SCc3ccccc3Cl)nn2C1c1ccc(OCc2ccccc2C)c(OC)c1. The maximum Gasteiger partial charge on any atom is 0.338 e. The number of thioether (sulfide) groups is 1. The van der Waals surface area contributed by atoms with E-state index in [1.165, 1.54) is 18.9 Å². The molecule has 0 saturated heterocycles. The number of aromatic nitrogens is 3. The lowest BCUT2D eigenvalue weighted by molar-refractivity contribution is -0.136. The molecule has 1 unspecified atom stereocenters. The van der Waals surface area contributed by atoms with Gasteiger partial charge in [0, 0.05) is 16.5 Å². The highest BCUT2D eigenvalue weighted by Crippen LogP contribution is 2.40. The lowest BCUT2D eigenvalue weighted by Gasteiger charge is -2.28. The zero-order valence-corrected chi connectivity index (χ0v) is 24.2. The third-order valence-electron chi connectivity index (χ3n) is 6.70. The van der Waals surface area contributed by atoms with Crippen molar-refractivity contribution in [3.05, 3.63) is 105 Å². The first-order valence-electron chi connectivity index (χ1n) is 12.6. The van der Waals surface area contributed by atoms with Crippen LogP contribution in [0.2, 0.25) is 5.02 Å². The Kier molecular flexibility index (Phi) is 8.32. The molecule has 1 aliphatic heterocycles. The minimum absolute atomic E-state index is 0.404. The first-order chi connectivity index (χ1) is 19.4. The fourth-order valence-electron chi connectivity index (χ4n) is 4.53. The molecule has 0 bridgehead atoms. The Bertz CT molecular complexity index is 1590. The number of hydrogen-bond donors (Lipinski definition) is 1. The van der Waals surface area contributed by atoms with E-state index in [2.05, 4.69) is 18.3 Å². The number of carbonyl (C=O) groups excluding carboxylic acids is 1. The monoisotopic (exact) mass is 576 g/mol. The molecule has 4 aromatic rings. The predicted molar refractivity (Wildman–Crippen MR) is 156 cm³/mol. The van der Waals surface area contributed by atoms with Crippen molar-refractivity contribution in [3.63, 3.8) is 0 Å². The number of ether oxygens (including phenoxy) is 3. The van der Waals surface area contributed by atoms with E-state index in [0.717, 1.165) is 22.3 Å². The Morgan fingerprint density at radius 3 is 2.50 bits per heavy atom. The van der Waals surface area contributed by atoms with Crippen LogP contribution in [0, 0.1) is 6.92 Å². The van der Waals surface area contributed by atoms with Crippen LogP contribution in [-0.2, 0) is 21.9 Å². The van der Waals surface area contributed by atoms with Gasteiger partial charge in [0.2, 0.25) is 11.1 Å². The summed E-state index contributed by atoms with van der Waals surface area (Å²) in [7, 11) is 2.96. The minimum atomic E-state index is -0.592. The van der Waals surface area contributed by atoms with Crippen molar-refractivity contribution in [2.75, 3.05) is 19.5 Å². The molecule has 2 heterocycles. The quantitative estimate of drug-likeness (QED) is 0.176. The van der Waals surface area contributed by atoms with E-state index in [0.29, 0.717) is 51.3 Å². The maximum atomic E-state index is 13.0. The van der Waals surface area contributed by atoms with Gasteiger partial charge in [-0.15, -0.1) is 5.10 Å². The van der Waals surface area contributed by atoms with Crippen molar-refractivity contribution in [1.29, 1.82) is 0 Å². The summed E-state index contributed by atoms with van der Waals surface area (Å²) >= 11 is 7.80. The van der Waals surface area contributed by atoms with Crippen LogP contribution in [0.5, 0.6) is 11.5 Å². The normalized spacial score (nSPS) is 14.4. The zero-order valence-electron chi connectivity index (χ0n) is 22.6. The topological polar surface area (TPSA) is 87.5 Å². The molecule has 206 valence electrons. The van der Waals surface area contributed by atoms with E-state index in [1.54, 1.807) is 11.8 Å². The van der Waals surface area contributed by atoms with Crippen LogP contribution in [0.1, 0.15) is 35.2 Å². The number of anilines is 1. The Labute approximate surface area is 242 Å². The molecular weight excluding hydrogens is 548 g/mol. The smallest absolute Gasteiger partial charge is 0.338 e. The molecule has 0 amide bonds. The van der Waals surface area contributed by atoms with Gasteiger partial charge in [0.1, 0.15) is 12.6 Å². The largest absolute Gasteiger partial charge is 0.493 e. The molecule has 10 heteroatoms. The van der Waals surface area contributed by atoms with Gasteiger partial charge in [-0.2, -0.15) is 4.98 Å². The summed E-state index contributed by atoms with van der Waals surface area (Å²) in [6.07, 6.45) is 0. The third-order valence-corrected chi connectivity index (χ3v) is 7.96. The average molecular weight is 577 g/mol. The van der Waals surface area contributed by atoms with Gasteiger partial charge in [0.15, 0.2) is 11.5 Å². The molecule has 5 rings (SSSR count). The molecule has 1 N–H and O–H groups in total. The summed E-state index contributed by atoms with van der Waals surface area (Å²) in [5, 5.41) is 9.22. The van der Waals surface area contributed by atoms with Gasteiger partial charge in [-0.05, 0) is 54.3 Å². The van der Waals surface area contributed by atoms with Crippen molar-refractivity contribution in [2.45, 2.75) is 37.4 Å². The summed E-state index contributed by atoms with van der Waals surface area (Å²) in [6, 6.07) is 20.8. The number of fused-ring (bicyclic) bond motifs is 1. The number of rotatable bonds is 9. The van der Waals surface area contributed by atoms with E-state index in [9.17, 15) is 4.79 Å². The van der Waals surface area contributed by atoms with Gasteiger partial charge in [-0.3, -0.25) is 0 Å². The number of esters is 1. The summed E-state index contributed by atoms with van der Waals surface area (Å²) in [5.74, 6) is 1.81. The number of allylic oxidation sites excluding steroid dienone is 1. The molecule has 1 atom stereocenters. The van der Waals surface area contributed by atoms with Gasteiger partial charge in [-0.1, -0.05) is 71.9 Å². The van der Waals surface area contributed by atoms with Gasteiger partial charge in [-0.25, -0.2) is 9.48 Å². The molecule has 1 aliphatic rings. The van der Waals surface area contributed by atoms with Crippen molar-refractivity contribution < 1.29 is 19.0 Å². The lowest BCUT2D eigenvalue weighted by Crippen LogP contribution is -2.29. The van der Waals surface area contributed by atoms with E-state index in [4.69, 9.17) is 35.9 Å². The molecule has 0 saturated carbocycles. The highest BCUT2D eigenvalue weighted by molar-refractivity contribution is 7.98. The number of aryl methyl sites for hydroxylation is 1. The summed E-state index contributed by atoms with van der Waals surface area (Å²) in [4.78, 5) is 17.7. The second-order valence-electron chi connectivity index (χ2n) is 9.23. The molecule has 1 aromatic heterocycles. The molecule has 0 fully saturated rings. The van der Waals surface area contributed by atoms with Crippen LogP contribution in [0.15, 0.2) is 83.2 Å². The van der Waals surface area contributed by atoms with Crippen LogP contribution in [-0.4, -0.2) is 35.0 Å². The maximum absolute atomic E-state index is 13.0. The average Bonchev–Trinajstić information content (AvgIpc) is 3.37. The summed E-state index contributed by atoms with van der Waals surface area (Å²) < 4.78 is 18.7. The fraction of sp³-hybridized carbons (Fsp3) is 0.233. The van der Waals surface area contributed by atoms with Crippen LogP contribution < -0.4 is 14.8 Å². The molecule has 8 nitrogen and oxygen atoms in total. The highest BCUT2D eigenvalue weighted by Gasteiger charge is 2.35. The zero-order chi connectivity index (χ0) is 28.2. The molecular formula is C30H29ClN4O4S. The standard InChI is InChI=1S/C30H29ClN4O4S/c1-18-9-5-6-10-21(18)16-39-24-14-13-20(15-25(24)37-3)27-26(28(36)38-4)19(2)32-29-33-30(34-35(27)29)40-17-22-11-7-8-12-23(22)31/h5-15,27H,16-17H2,1-4H3,(H,32,33,34). The Balaban J connectivity index is 1.47. The summed E-state index contributed by atoms with van der Waals surface area (Å²) in [5.41, 5.74) is 5.07. The predicted octanol–water partition coefficient (Wildman–Crippen LogP) is 6.58. The van der Waals surface area contributed by atoms with Crippen molar-refractivity contribution in [3.8, 4) is 11.5 Å². The number of carbonyl (C=O) groups is 1. The second-order valence-corrected chi connectivity index (χ2v) is 10.6. The number of hydrogen-bond acceptors (Lipinski definition) is 8. The van der Waals surface area contributed by atoms with E-state index in [1.807, 2.05) is 67.6 Å². The van der Waals surface area contributed by atoms with Crippen LogP contribution >= 0.6 is 23.4 Å². The Morgan fingerprint density at radius 1 is 1.02 bits per heavy atom. The number of methoxy groups -OCH3 is 2. The van der Waals surface area contributed by atoms with Crippen LogP contribution in [0.3, 0.4) is 0 Å². The van der Waals surface area contributed by atoms with Crippen LogP contribution in [0.4, 0.5) is 5.95 Å². The second kappa shape index (κ2) is 12.1. The van der Waals surface area contributed by atoms with Crippen molar-refractivity contribution in [1.82, 2.24) is 14.8 Å².